The second kappa shape index (κ2) is 8.23. The minimum Gasteiger partial charge on any atom is -0.328 e. The van der Waals surface area contributed by atoms with Crippen molar-refractivity contribution in [3.05, 3.63) is 86.6 Å². The lowest BCUT2D eigenvalue weighted by Gasteiger charge is -2.32. The fraction of sp³-hybridized carbons (Fsp3) is 0.261. The molecule has 8 nitrogen and oxygen atoms in total. The molecule has 5 rings (SSSR count). The highest BCUT2D eigenvalue weighted by Crippen LogP contribution is 2.41. The van der Waals surface area contributed by atoms with Crippen molar-refractivity contribution in [3.8, 4) is 0 Å². The van der Waals surface area contributed by atoms with E-state index in [1.807, 2.05) is 6.07 Å². The number of anilines is 1. The third-order valence-corrected chi connectivity index (χ3v) is 6.60. The predicted octanol–water partition coefficient (Wildman–Crippen LogP) is 4.81. The first-order chi connectivity index (χ1) is 15.5. The second-order valence-corrected chi connectivity index (χ2v) is 8.93. The van der Waals surface area contributed by atoms with Crippen LogP contribution in [0.1, 0.15) is 42.0 Å². The highest BCUT2D eigenvalue weighted by molar-refractivity contribution is 7.98. The Morgan fingerprint density at radius 1 is 1.22 bits per heavy atom. The Balaban J connectivity index is 1.53. The van der Waals surface area contributed by atoms with Gasteiger partial charge in [-0.25, -0.2) is 4.68 Å². The largest absolute Gasteiger partial charge is 0.328 e. The third kappa shape index (κ3) is 3.80. The number of ketones is 1. The number of nitrogens with zero attached hydrogens (tertiary/aromatic N) is 4. The number of aromatic nitrogens is 3. The van der Waals surface area contributed by atoms with Crippen LogP contribution in [0.5, 0.6) is 0 Å². The molecule has 3 aromatic rings. The molecule has 0 amide bonds. The van der Waals surface area contributed by atoms with E-state index in [0.29, 0.717) is 28.7 Å². The molecule has 2 aliphatic rings. The molecule has 1 aliphatic heterocycles. The summed E-state index contributed by atoms with van der Waals surface area (Å²) in [4.78, 5) is 28.5. The van der Waals surface area contributed by atoms with Crippen LogP contribution in [0.2, 0.25) is 0 Å². The molecule has 0 bridgehead atoms. The first-order valence-electron chi connectivity index (χ1n) is 10.4. The molecule has 1 N–H and O–H groups in total. The summed E-state index contributed by atoms with van der Waals surface area (Å²) in [5.74, 6) is 1.32. The Labute approximate surface area is 188 Å². The highest BCUT2D eigenvalue weighted by atomic mass is 32.2. The number of non-ortho nitro benzene ring substituents is 1. The Morgan fingerprint density at radius 3 is 2.88 bits per heavy atom. The summed E-state index contributed by atoms with van der Waals surface area (Å²) in [6, 6.07) is 14.2. The molecule has 0 saturated heterocycles. The maximum atomic E-state index is 12.9. The SMILES string of the molecule is Cc1cccc(CSc2nc3n(n2)[C@H](c2cccc([N+](=O)[O-])c2)C2=C(CCCC2=O)N3)c1. The van der Waals surface area contributed by atoms with Gasteiger partial charge >= 0.3 is 0 Å². The zero-order valence-corrected chi connectivity index (χ0v) is 18.3. The molecule has 32 heavy (non-hydrogen) atoms. The van der Waals surface area contributed by atoms with Crippen molar-refractivity contribution in [1.82, 2.24) is 14.8 Å². The summed E-state index contributed by atoms with van der Waals surface area (Å²) in [7, 11) is 0. The van der Waals surface area contributed by atoms with E-state index < -0.39 is 11.0 Å². The number of benzene rings is 2. The minimum atomic E-state index is -0.533. The molecule has 0 saturated carbocycles. The topological polar surface area (TPSA) is 103 Å². The number of fused-ring (bicyclic) bond motifs is 1. The minimum absolute atomic E-state index is 0.0119. The number of allylic oxidation sites excluding steroid dienone is 2. The number of nitrogens with one attached hydrogen (secondary N) is 1. The van der Waals surface area contributed by atoms with Crippen molar-refractivity contribution in [2.45, 2.75) is 43.1 Å². The summed E-state index contributed by atoms with van der Waals surface area (Å²) in [6.45, 7) is 2.06. The lowest BCUT2D eigenvalue weighted by atomic mass is 9.85. The molecular weight excluding hydrogens is 426 g/mol. The average Bonchev–Trinajstić information content (AvgIpc) is 3.19. The number of thioether (sulfide) groups is 1. The van der Waals surface area contributed by atoms with Crippen LogP contribution in [0, 0.1) is 17.0 Å². The molecule has 1 aromatic heterocycles. The van der Waals surface area contributed by atoms with Gasteiger partial charge in [-0.3, -0.25) is 14.9 Å². The van der Waals surface area contributed by atoms with Gasteiger partial charge in [0.1, 0.15) is 6.04 Å². The molecule has 1 aliphatic carbocycles. The van der Waals surface area contributed by atoms with Crippen LogP contribution in [-0.2, 0) is 10.5 Å². The van der Waals surface area contributed by atoms with Crippen molar-refractivity contribution < 1.29 is 9.72 Å². The highest BCUT2D eigenvalue weighted by Gasteiger charge is 2.37. The number of aryl methyl sites for hydroxylation is 1. The van der Waals surface area contributed by atoms with Gasteiger partial charge in [-0.1, -0.05) is 53.7 Å². The van der Waals surface area contributed by atoms with Crippen molar-refractivity contribution in [3.63, 3.8) is 0 Å². The summed E-state index contributed by atoms with van der Waals surface area (Å²) < 4.78 is 1.69. The van der Waals surface area contributed by atoms with Gasteiger partial charge in [-0.05, 0) is 30.9 Å². The monoisotopic (exact) mass is 447 g/mol. The molecule has 2 heterocycles. The first kappa shape index (κ1) is 20.4. The molecule has 0 unspecified atom stereocenters. The van der Waals surface area contributed by atoms with E-state index in [1.165, 1.54) is 35.0 Å². The Bertz CT molecular complexity index is 1270. The van der Waals surface area contributed by atoms with Crippen LogP contribution < -0.4 is 5.32 Å². The van der Waals surface area contributed by atoms with E-state index >= 15 is 0 Å². The van der Waals surface area contributed by atoms with E-state index in [2.05, 4.69) is 35.4 Å². The van der Waals surface area contributed by atoms with Gasteiger partial charge in [-0.2, -0.15) is 4.98 Å². The molecule has 1 atom stereocenters. The molecule has 0 spiro atoms. The lowest BCUT2D eigenvalue weighted by molar-refractivity contribution is -0.384. The van der Waals surface area contributed by atoms with Gasteiger partial charge in [0.2, 0.25) is 11.1 Å². The molecule has 0 fully saturated rings. The number of rotatable bonds is 5. The Kier molecular flexibility index (Phi) is 5.26. The number of Topliss-reactive ketones (excluding diaryl/α,β-unsaturated/α-hetero) is 1. The summed E-state index contributed by atoms with van der Waals surface area (Å²) in [5.41, 5.74) is 4.49. The molecule has 9 heteroatoms. The van der Waals surface area contributed by atoms with Gasteiger partial charge in [0, 0.05) is 35.6 Å². The van der Waals surface area contributed by atoms with Crippen LogP contribution in [0.4, 0.5) is 11.6 Å². The molecule has 2 aromatic carbocycles. The van der Waals surface area contributed by atoms with Gasteiger partial charge < -0.3 is 5.32 Å². The summed E-state index contributed by atoms with van der Waals surface area (Å²) in [6.07, 6.45) is 1.98. The van der Waals surface area contributed by atoms with Gasteiger partial charge in [0.05, 0.1) is 4.92 Å². The average molecular weight is 448 g/mol. The fourth-order valence-electron chi connectivity index (χ4n) is 4.26. The van der Waals surface area contributed by atoms with Crippen molar-refractivity contribution in [2.75, 3.05) is 5.32 Å². The van der Waals surface area contributed by atoms with Gasteiger partial charge in [0.25, 0.3) is 5.69 Å². The van der Waals surface area contributed by atoms with E-state index in [-0.39, 0.29) is 11.5 Å². The molecule has 0 radical (unpaired) electrons. The fourth-order valence-corrected chi connectivity index (χ4v) is 5.04. The number of hydrogen-bond donors (Lipinski definition) is 1. The lowest BCUT2D eigenvalue weighted by Crippen LogP contribution is -2.31. The summed E-state index contributed by atoms with van der Waals surface area (Å²) >= 11 is 1.52. The third-order valence-electron chi connectivity index (χ3n) is 5.70. The number of nitro benzene ring substituents is 1. The smallest absolute Gasteiger partial charge is 0.269 e. The van der Waals surface area contributed by atoms with Crippen molar-refractivity contribution in [1.29, 1.82) is 0 Å². The van der Waals surface area contributed by atoms with Crippen LogP contribution in [0.25, 0.3) is 0 Å². The van der Waals surface area contributed by atoms with Crippen molar-refractivity contribution in [2.24, 2.45) is 0 Å². The maximum absolute atomic E-state index is 12.9. The van der Waals surface area contributed by atoms with Crippen molar-refractivity contribution >= 4 is 29.2 Å². The van der Waals surface area contributed by atoms with Crippen LogP contribution >= 0.6 is 11.8 Å². The van der Waals surface area contributed by atoms with E-state index in [1.54, 1.807) is 16.8 Å². The normalized spacial score (nSPS) is 17.5. The van der Waals surface area contributed by atoms with Crippen LogP contribution in [-0.4, -0.2) is 25.5 Å². The predicted molar refractivity (Wildman–Crippen MR) is 122 cm³/mol. The molecule has 162 valence electrons. The van der Waals surface area contributed by atoms with Gasteiger partial charge in [0.15, 0.2) is 5.78 Å². The van der Waals surface area contributed by atoms with Crippen LogP contribution in [0.15, 0.2) is 65.0 Å². The molecular formula is C23H21N5O3S. The number of carbonyl (C=O) groups excluding carboxylic acids is 1. The Hall–Kier alpha value is -3.46. The standard InChI is InChI=1S/C23H21N5O3S/c1-14-5-2-6-15(11-14)13-32-23-25-22-24-18-9-4-10-19(29)20(18)21(27(22)26-23)16-7-3-8-17(12-16)28(30)31/h2-3,5-8,11-12,21H,4,9-10,13H2,1H3,(H,24,25,26)/t21-/m1/s1. The number of carbonyl (C=O) groups is 1. The first-order valence-corrected chi connectivity index (χ1v) is 11.4. The van der Waals surface area contributed by atoms with Gasteiger partial charge in [-0.15, -0.1) is 5.10 Å². The zero-order chi connectivity index (χ0) is 22.2. The van der Waals surface area contributed by atoms with E-state index in [0.717, 1.165) is 24.3 Å². The second-order valence-electron chi connectivity index (χ2n) is 7.99. The maximum Gasteiger partial charge on any atom is 0.269 e. The number of hydrogen-bond acceptors (Lipinski definition) is 7. The summed E-state index contributed by atoms with van der Waals surface area (Å²) in [5, 5.41) is 19.9. The zero-order valence-electron chi connectivity index (χ0n) is 17.4. The quantitative estimate of drug-likeness (QED) is 0.340. The van der Waals surface area contributed by atoms with E-state index in [9.17, 15) is 14.9 Å². The van der Waals surface area contributed by atoms with Crippen LogP contribution in [0.3, 0.4) is 0 Å². The number of nitro groups is 1. The van der Waals surface area contributed by atoms with E-state index in [4.69, 9.17) is 5.10 Å². The Morgan fingerprint density at radius 2 is 2.06 bits per heavy atom.